The first-order valence-electron chi connectivity index (χ1n) is 7.80. The fourth-order valence-corrected chi connectivity index (χ4v) is 3.88. The van der Waals surface area contributed by atoms with Gasteiger partial charge in [-0.2, -0.15) is 4.98 Å². The van der Waals surface area contributed by atoms with E-state index in [1.807, 2.05) is 15.7 Å². The standard InChI is InChI=1S/C15H19FN6O/c16-11-5-19-15(20-14(11)17)22-6-9-3-12(21-2-1-18-8-21)13(23)4-10(9)7-22/h1-2,5,8-10,12-13,23H,3-4,6-7H2,(H2,17,19,20)/t9-,10+,12-,13-/m1/s1. The Morgan fingerprint density at radius 1 is 1.26 bits per heavy atom. The van der Waals surface area contributed by atoms with E-state index in [0.29, 0.717) is 17.8 Å². The molecule has 3 N–H and O–H groups in total. The summed E-state index contributed by atoms with van der Waals surface area (Å²) in [6.07, 6.45) is 7.73. The Hall–Kier alpha value is -2.22. The van der Waals surface area contributed by atoms with Gasteiger partial charge < -0.3 is 20.3 Å². The molecule has 4 rings (SSSR count). The second-order valence-electron chi connectivity index (χ2n) is 6.44. The summed E-state index contributed by atoms with van der Waals surface area (Å²) in [7, 11) is 0. The van der Waals surface area contributed by atoms with Crippen LogP contribution in [0.25, 0.3) is 0 Å². The van der Waals surface area contributed by atoms with Crippen LogP contribution in [0.3, 0.4) is 0 Å². The van der Waals surface area contributed by atoms with Crippen LogP contribution in [0.5, 0.6) is 0 Å². The molecule has 1 aliphatic carbocycles. The zero-order valence-corrected chi connectivity index (χ0v) is 12.6. The summed E-state index contributed by atoms with van der Waals surface area (Å²) in [6, 6.07) is 0.0536. The average Bonchev–Trinajstić information content (AvgIpc) is 3.18. The van der Waals surface area contributed by atoms with Crippen LogP contribution in [0.4, 0.5) is 16.2 Å². The van der Waals surface area contributed by atoms with Gasteiger partial charge in [0, 0.05) is 25.5 Å². The molecule has 1 aliphatic heterocycles. The number of imidazole rings is 1. The van der Waals surface area contributed by atoms with Gasteiger partial charge in [-0.3, -0.25) is 0 Å². The molecule has 2 aromatic heterocycles. The van der Waals surface area contributed by atoms with Crippen LogP contribution in [-0.4, -0.2) is 43.8 Å². The topological polar surface area (TPSA) is 93.1 Å². The highest BCUT2D eigenvalue weighted by atomic mass is 19.1. The van der Waals surface area contributed by atoms with Crippen molar-refractivity contribution in [2.75, 3.05) is 23.7 Å². The van der Waals surface area contributed by atoms with Crippen molar-refractivity contribution in [1.29, 1.82) is 0 Å². The monoisotopic (exact) mass is 318 g/mol. The third-order valence-corrected chi connectivity index (χ3v) is 5.06. The number of aliphatic hydroxyl groups excluding tert-OH is 1. The van der Waals surface area contributed by atoms with E-state index in [1.54, 1.807) is 12.5 Å². The largest absolute Gasteiger partial charge is 0.391 e. The Balaban J connectivity index is 1.52. The molecule has 3 heterocycles. The van der Waals surface area contributed by atoms with E-state index in [1.165, 1.54) is 0 Å². The summed E-state index contributed by atoms with van der Waals surface area (Å²) in [5, 5.41) is 10.5. The Kier molecular flexibility index (Phi) is 3.41. The maximum Gasteiger partial charge on any atom is 0.227 e. The van der Waals surface area contributed by atoms with Gasteiger partial charge in [-0.05, 0) is 24.7 Å². The molecule has 0 aromatic carbocycles. The van der Waals surface area contributed by atoms with E-state index in [-0.39, 0.29) is 18.0 Å². The minimum atomic E-state index is -0.596. The lowest BCUT2D eigenvalue weighted by molar-refractivity contribution is 0.0358. The Labute approximate surface area is 133 Å². The lowest BCUT2D eigenvalue weighted by atomic mass is 9.77. The highest BCUT2D eigenvalue weighted by molar-refractivity contribution is 5.40. The van der Waals surface area contributed by atoms with Crippen LogP contribution >= 0.6 is 0 Å². The number of nitrogens with zero attached hydrogens (tertiary/aromatic N) is 5. The first-order chi connectivity index (χ1) is 11.1. The summed E-state index contributed by atoms with van der Waals surface area (Å²) < 4.78 is 15.2. The molecule has 23 heavy (non-hydrogen) atoms. The SMILES string of the molecule is Nc1nc(N2C[C@H]3C[C@@H](n4ccnc4)[C@H](O)C[C@H]3C2)ncc1F. The van der Waals surface area contributed by atoms with Crippen molar-refractivity contribution in [2.24, 2.45) is 11.8 Å². The third-order valence-electron chi connectivity index (χ3n) is 5.06. The Morgan fingerprint density at radius 3 is 2.74 bits per heavy atom. The fourth-order valence-electron chi connectivity index (χ4n) is 3.88. The van der Waals surface area contributed by atoms with Crippen LogP contribution in [0.15, 0.2) is 24.9 Å². The number of hydrogen-bond donors (Lipinski definition) is 2. The summed E-state index contributed by atoms with van der Waals surface area (Å²) >= 11 is 0. The van der Waals surface area contributed by atoms with E-state index in [0.717, 1.165) is 32.1 Å². The maximum atomic E-state index is 13.2. The molecule has 1 saturated carbocycles. The third kappa shape index (κ3) is 2.52. The first-order valence-corrected chi connectivity index (χ1v) is 7.80. The van der Waals surface area contributed by atoms with Crippen molar-refractivity contribution in [3.63, 3.8) is 0 Å². The number of aromatic nitrogens is 4. The second kappa shape index (κ2) is 5.45. The number of rotatable bonds is 2. The summed E-state index contributed by atoms with van der Waals surface area (Å²) in [5.74, 6) is 0.578. The highest BCUT2D eigenvalue weighted by Crippen LogP contribution is 2.41. The molecular weight excluding hydrogens is 299 g/mol. The van der Waals surface area contributed by atoms with Crippen LogP contribution in [0, 0.1) is 17.7 Å². The van der Waals surface area contributed by atoms with Gasteiger partial charge in [-0.25, -0.2) is 14.4 Å². The molecule has 2 aromatic rings. The van der Waals surface area contributed by atoms with Gasteiger partial charge in [0.05, 0.1) is 24.7 Å². The molecule has 7 nitrogen and oxygen atoms in total. The van der Waals surface area contributed by atoms with Crippen molar-refractivity contribution >= 4 is 11.8 Å². The normalized spacial score (nSPS) is 30.4. The van der Waals surface area contributed by atoms with Gasteiger partial charge in [-0.1, -0.05) is 0 Å². The molecule has 0 bridgehead atoms. The number of nitrogens with two attached hydrogens (primary N) is 1. The van der Waals surface area contributed by atoms with Gasteiger partial charge in [0.2, 0.25) is 5.95 Å². The highest BCUT2D eigenvalue weighted by Gasteiger charge is 2.42. The number of hydrogen-bond acceptors (Lipinski definition) is 6. The van der Waals surface area contributed by atoms with Crippen LogP contribution in [0.1, 0.15) is 18.9 Å². The molecule has 122 valence electrons. The lowest BCUT2D eigenvalue weighted by Gasteiger charge is -2.35. The van der Waals surface area contributed by atoms with E-state index in [2.05, 4.69) is 15.0 Å². The summed E-state index contributed by atoms with van der Waals surface area (Å²) in [5.41, 5.74) is 5.54. The van der Waals surface area contributed by atoms with Crippen LogP contribution in [-0.2, 0) is 0 Å². The Bertz CT molecular complexity index is 693. The Morgan fingerprint density at radius 2 is 2.04 bits per heavy atom. The molecule has 2 aliphatic rings. The molecular formula is C15H19FN6O. The number of halogens is 1. The van der Waals surface area contributed by atoms with Gasteiger partial charge in [-0.15, -0.1) is 0 Å². The number of aliphatic hydroxyl groups is 1. The predicted octanol–water partition coefficient (Wildman–Crippen LogP) is 0.843. The molecule has 2 fully saturated rings. The number of nitrogen functional groups attached to an aromatic ring is 1. The number of anilines is 2. The molecule has 0 radical (unpaired) electrons. The molecule has 0 spiro atoms. The minimum absolute atomic E-state index is 0.0536. The van der Waals surface area contributed by atoms with Gasteiger partial charge >= 0.3 is 0 Å². The zero-order chi connectivity index (χ0) is 16.0. The molecule has 8 heteroatoms. The van der Waals surface area contributed by atoms with Crippen molar-refractivity contribution in [3.8, 4) is 0 Å². The zero-order valence-electron chi connectivity index (χ0n) is 12.6. The van der Waals surface area contributed by atoms with Crippen molar-refractivity contribution in [3.05, 3.63) is 30.7 Å². The van der Waals surface area contributed by atoms with Gasteiger partial charge in [0.1, 0.15) is 0 Å². The molecule has 1 saturated heterocycles. The van der Waals surface area contributed by atoms with Crippen molar-refractivity contribution in [2.45, 2.75) is 25.0 Å². The average molecular weight is 318 g/mol. The fraction of sp³-hybridized carbons (Fsp3) is 0.533. The van der Waals surface area contributed by atoms with Crippen molar-refractivity contribution in [1.82, 2.24) is 19.5 Å². The van der Waals surface area contributed by atoms with Crippen LogP contribution < -0.4 is 10.6 Å². The molecule has 0 unspecified atom stereocenters. The van der Waals surface area contributed by atoms with E-state index in [4.69, 9.17) is 5.73 Å². The molecule has 4 atom stereocenters. The predicted molar refractivity (Wildman–Crippen MR) is 82.1 cm³/mol. The second-order valence-corrected chi connectivity index (χ2v) is 6.44. The van der Waals surface area contributed by atoms with Crippen LogP contribution in [0.2, 0.25) is 0 Å². The van der Waals surface area contributed by atoms with Gasteiger partial charge in [0.25, 0.3) is 0 Å². The van der Waals surface area contributed by atoms with E-state index in [9.17, 15) is 9.50 Å². The van der Waals surface area contributed by atoms with Crippen molar-refractivity contribution < 1.29 is 9.50 Å². The maximum absolute atomic E-state index is 13.2. The minimum Gasteiger partial charge on any atom is -0.391 e. The first kappa shape index (κ1) is 14.4. The quantitative estimate of drug-likeness (QED) is 0.852. The van der Waals surface area contributed by atoms with E-state index >= 15 is 0 Å². The lowest BCUT2D eigenvalue weighted by Crippen LogP contribution is -2.35. The molecule has 0 amide bonds. The van der Waals surface area contributed by atoms with Gasteiger partial charge in [0.15, 0.2) is 11.6 Å². The summed E-state index contributed by atoms with van der Waals surface area (Å²) in [4.78, 5) is 14.2. The number of fused-ring (bicyclic) bond motifs is 1. The smallest absolute Gasteiger partial charge is 0.227 e. The van der Waals surface area contributed by atoms with E-state index < -0.39 is 5.82 Å². The summed E-state index contributed by atoms with van der Waals surface area (Å²) in [6.45, 7) is 1.57.